The molecule has 0 spiro atoms. The molecule has 1 rings (SSSR count). The maximum absolute atomic E-state index is 10.0. The van der Waals surface area contributed by atoms with Gasteiger partial charge in [-0.15, -0.1) is 0 Å². The Morgan fingerprint density at radius 1 is 1.00 bits per heavy atom. The molecule has 1 aromatic rings. The fraction of sp³-hybridized carbons (Fsp3) is 0. The SMILES string of the molecule is O=Cc1ccccc1.[CH-]=CC=[CH-].[Os]=[Os]. The van der Waals surface area contributed by atoms with Gasteiger partial charge in [0.15, 0.2) is 0 Å². The van der Waals surface area contributed by atoms with Gasteiger partial charge in [-0.1, -0.05) is 30.3 Å². The number of hydrogen-bond donors (Lipinski definition) is 0. The zero-order valence-electron chi connectivity index (χ0n) is 7.39. The summed E-state index contributed by atoms with van der Waals surface area (Å²) in [7, 11) is 0. The molecule has 78 valence electrons. The second kappa shape index (κ2) is 15.1. The van der Waals surface area contributed by atoms with Gasteiger partial charge in [0.1, 0.15) is 6.29 Å². The molecule has 1 nitrogen and oxygen atoms in total. The van der Waals surface area contributed by atoms with Gasteiger partial charge in [0.2, 0.25) is 0 Å². The number of carbonyl (C=O) groups excluding carboxylic acids is 1. The van der Waals surface area contributed by atoms with Gasteiger partial charge in [-0.2, -0.15) is 0 Å². The van der Waals surface area contributed by atoms with Crippen molar-refractivity contribution in [1.82, 2.24) is 0 Å². The molecular weight excluding hydrogens is 529 g/mol. The average molecular weight is 539 g/mol. The molecule has 0 unspecified atom stereocenters. The summed E-state index contributed by atoms with van der Waals surface area (Å²) >= 11 is 3.78. The summed E-state index contributed by atoms with van der Waals surface area (Å²) in [6.45, 7) is 9.44. The Labute approximate surface area is 103 Å². The quantitative estimate of drug-likeness (QED) is 0.321. The van der Waals surface area contributed by atoms with Crippen molar-refractivity contribution in [3.8, 4) is 0 Å². The first-order valence-electron chi connectivity index (χ1n) is 3.56. The molecule has 0 radical (unpaired) electrons. The van der Waals surface area contributed by atoms with Crippen molar-refractivity contribution in [2.24, 2.45) is 0 Å². The number of carbonyl (C=O) groups is 1. The van der Waals surface area contributed by atoms with Crippen LogP contribution in [0.3, 0.4) is 0 Å². The van der Waals surface area contributed by atoms with Crippen molar-refractivity contribution < 1.29 is 35.6 Å². The molecule has 0 heterocycles. The molecular formula is C11H10OOs2-2. The first-order valence-corrected chi connectivity index (χ1v) is 11.8. The predicted molar refractivity (Wildman–Crippen MR) is 49.6 cm³/mol. The normalized spacial score (nSPS) is 6.71. The average Bonchev–Trinajstić information content (AvgIpc) is 2.33. The van der Waals surface area contributed by atoms with E-state index in [0.717, 1.165) is 11.8 Å². The van der Waals surface area contributed by atoms with E-state index in [9.17, 15) is 4.79 Å². The molecule has 0 saturated carbocycles. The molecule has 0 aromatic heterocycles. The number of allylic oxidation sites excluding steroid dienone is 2. The number of hydrogen-bond acceptors (Lipinski definition) is 1. The van der Waals surface area contributed by atoms with Crippen LogP contribution in [0.4, 0.5) is 0 Å². The van der Waals surface area contributed by atoms with Crippen LogP contribution in [0.1, 0.15) is 10.4 Å². The summed E-state index contributed by atoms with van der Waals surface area (Å²) in [4.78, 5) is 10.0. The Kier molecular flexibility index (Phi) is 17.4. The van der Waals surface area contributed by atoms with Crippen LogP contribution in [-0.4, -0.2) is 6.29 Å². The monoisotopic (exact) mass is 542 g/mol. The van der Waals surface area contributed by atoms with E-state index in [0.29, 0.717) is 0 Å². The molecule has 14 heavy (non-hydrogen) atoms. The van der Waals surface area contributed by atoms with Crippen LogP contribution in [0.15, 0.2) is 42.5 Å². The van der Waals surface area contributed by atoms with E-state index in [1.165, 1.54) is 12.2 Å². The molecule has 0 fully saturated rings. The van der Waals surface area contributed by atoms with Crippen LogP contribution in [0.25, 0.3) is 0 Å². The van der Waals surface area contributed by atoms with Crippen LogP contribution in [0, 0.1) is 13.2 Å². The van der Waals surface area contributed by atoms with E-state index in [-0.39, 0.29) is 0 Å². The van der Waals surface area contributed by atoms with E-state index in [1.54, 1.807) is 12.1 Å². The molecule has 3 heteroatoms. The van der Waals surface area contributed by atoms with Crippen LogP contribution in [0.5, 0.6) is 0 Å². The number of aldehydes is 1. The van der Waals surface area contributed by atoms with Gasteiger partial charge in [0.05, 0.1) is 0 Å². The Morgan fingerprint density at radius 2 is 1.43 bits per heavy atom. The molecule has 0 bridgehead atoms. The summed E-state index contributed by atoms with van der Waals surface area (Å²) < 4.78 is 0. The molecule has 0 atom stereocenters. The molecule has 0 saturated heterocycles. The Hall–Kier alpha value is -0.357. The van der Waals surface area contributed by atoms with Gasteiger partial charge in [-0.05, 0) is 0 Å². The third-order valence-corrected chi connectivity index (χ3v) is 1.05. The van der Waals surface area contributed by atoms with Gasteiger partial charge < -0.3 is 25.3 Å². The Bertz CT molecular complexity index is 251. The van der Waals surface area contributed by atoms with Crippen LogP contribution in [-0.2, 0) is 30.8 Å². The zero-order valence-corrected chi connectivity index (χ0v) is 12.5. The molecule has 1 aromatic carbocycles. The second-order valence-electron chi connectivity index (χ2n) is 1.91. The zero-order chi connectivity index (χ0) is 11.2. The fourth-order valence-electron chi connectivity index (χ4n) is 0.532. The van der Waals surface area contributed by atoms with Crippen LogP contribution >= 0.6 is 0 Å². The molecule has 0 amide bonds. The van der Waals surface area contributed by atoms with Crippen LogP contribution in [0.2, 0.25) is 0 Å². The maximum atomic E-state index is 10.0. The van der Waals surface area contributed by atoms with E-state index in [2.05, 4.69) is 0 Å². The topological polar surface area (TPSA) is 17.1 Å². The predicted octanol–water partition coefficient (Wildman–Crippen LogP) is 2.46. The number of benzene rings is 1. The van der Waals surface area contributed by atoms with Crippen molar-refractivity contribution in [2.75, 3.05) is 0 Å². The third kappa shape index (κ3) is 11.6. The summed E-state index contributed by atoms with van der Waals surface area (Å²) in [5.41, 5.74) is 0.729. The van der Waals surface area contributed by atoms with Crippen molar-refractivity contribution in [1.29, 1.82) is 0 Å². The van der Waals surface area contributed by atoms with Gasteiger partial charge in [-0.25, -0.2) is 0 Å². The third-order valence-electron chi connectivity index (χ3n) is 1.05. The summed E-state index contributed by atoms with van der Waals surface area (Å²) in [6, 6.07) is 9.10. The van der Waals surface area contributed by atoms with E-state index in [1.807, 2.05) is 49.0 Å². The van der Waals surface area contributed by atoms with Crippen molar-refractivity contribution in [3.05, 3.63) is 61.2 Å². The minimum absolute atomic E-state index is 0.729. The van der Waals surface area contributed by atoms with E-state index >= 15 is 0 Å². The standard InChI is InChI=1S/C7H6O.C4H4.2Os/c8-6-7-4-2-1-3-5-7;1-3-4-2;;/h1-6H;1-4H;;/q;-2;;. The first-order chi connectivity index (χ1) is 6.85. The fourth-order valence-corrected chi connectivity index (χ4v) is 0.532. The Morgan fingerprint density at radius 3 is 1.64 bits per heavy atom. The van der Waals surface area contributed by atoms with E-state index < -0.39 is 0 Å². The summed E-state index contributed by atoms with van der Waals surface area (Å²) in [5, 5.41) is 0. The van der Waals surface area contributed by atoms with Gasteiger partial charge in [-0.3, -0.25) is 4.79 Å². The minimum atomic E-state index is 0.729. The second-order valence-corrected chi connectivity index (χ2v) is 1.91. The molecule has 0 aliphatic heterocycles. The van der Waals surface area contributed by atoms with Crippen molar-refractivity contribution in [2.45, 2.75) is 0 Å². The van der Waals surface area contributed by atoms with Crippen LogP contribution < -0.4 is 0 Å². The molecule has 0 aliphatic rings. The number of rotatable bonds is 2. The van der Waals surface area contributed by atoms with Crippen molar-refractivity contribution in [3.63, 3.8) is 0 Å². The molecule has 0 aliphatic carbocycles. The summed E-state index contributed by atoms with van der Waals surface area (Å²) in [6.07, 6.45) is 3.39. The van der Waals surface area contributed by atoms with Gasteiger partial charge >= 0.3 is 30.8 Å². The van der Waals surface area contributed by atoms with Gasteiger partial charge in [0, 0.05) is 5.56 Å². The van der Waals surface area contributed by atoms with E-state index in [4.69, 9.17) is 13.2 Å². The van der Waals surface area contributed by atoms with Crippen molar-refractivity contribution >= 4 is 6.29 Å². The summed E-state index contributed by atoms with van der Waals surface area (Å²) in [5.74, 6) is 0. The molecule has 0 N–H and O–H groups in total. The Balaban J connectivity index is 0. The van der Waals surface area contributed by atoms with Gasteiger partial charge in [0.25, 0.3) is 0 Å². The first kappa shape index (κ1) is 16.1.